The topological polar surface area (TPSA) is 55.4 Å². The maximum Gasteiger partial charge on any atom is 0.241 e. The second-order valence-electron chi connectivity index (χ2n) is 5.15. The summed E-state index contributed by atoms with van der Waals surface area (Å²) in [6.45, 7) is 3.30. The lowest BCUT2D eigenvalue weighted by Gasteiger charge is -2.17. The van der Waals surface area contributed by atoms with Crippen LogP contribution in [0.15, 0.2) is 45.8 Å². The maximum atomic E-state index is 13.1. The Kier molecular flexibility index (Phi) is 5.44. The third-order valence-electron chi connectivity index (χ3n) is 3.43. The Morgan fingerprint density at radius 2 is 1.91 bits per heavy atom. The number of rotatable bonds is 5. The molecule has 0 aromatic heterocycles. The van der Waals surface area contributed by atoms with Gasteiger partial charge < -0.3 is 4.74 Å². The summed E-state index contributed by atoms with van der Waals surface area (Å²) in [7, 11) is -2.19. The lowest BCUT2D eigenvalue weighted by Crippen LogP contribution is -2.27. The van der Waals surface area contributed by atoms with Gasteiger partial charge in [0.2, 0.25) is 10.0 Å². The highest BCUT2D eigenvalue weighted by Crippen LogP contribution is 2.28. The fourth-order valence-electron chi connectivity index (χ4n) is 2.23. The van der Waals surface area contributed by atoms with Crippen molar-refractivity contribution in [1.82, 2.24) is 4.72 Å². The molecule has 4 nitrogen and oxygen atoms in total. The van der Waals surface area contributed by atoms with Crippen LogP contribution in [-0.4, -0.2) is 15.5 Å². The predicted octanol–water partition coefficient (Wildman–Crippen LogP) is 3.94. The third-order valence-corrected chi connectivity index (χ3v) is 5.75. The van der Waals surface area contributed by atoms with Crippen molar-refractivity contribution in [3.8, 4) is 5.75 Å². The fraction of sp³-hybridized carbons (Fsp3) is 0.250. The van der Waals surface area contributed by atoms with Crippen LogP contribution in [0.2, 0.25) is 0 Å². The minimum absolute atomic E-state index is 0.0679. The van der Waals surface area contributed by atoms with E-state index < -0.39 is 21.9 Å². The quantitative estimate of drug-likeness (QED) is 0.824. The van der Waals surface area contributed by atoms with Crippen molar-refractivity contribution in [2.75, 3.05) is 7.11 Å². The molecule has 0 heterocycles. The van der Waals surface area contributed by atoms with Gasteiger partial charge in [-0.3, -0.25) is 0 Å². The SMILES string of the molecule is COc1ccc(C(C)NS(=O)(=O)c2ccc(F)cc2C)cc1Br. The molecule has 0 saturated heterocycles. The van der Waals surface area contributed by atoms with Crippen LogP contribution in [0.4, 0.5) is 4.39 Å². The first-order chi connectivity index (χ1) is 10.7. The van der Waals surface area contributed by atoms with E-state index in [2.05, 4.69) is 20.7 Å². The van der Waals surface area contributed by atoms with Gasteiger partial charge >= 0.3 is 0 Å². The van der Waals surface area contributed by atoms with Gasteiger partial charge in [-0.1, -0.05) is 6.07 Å². The third kappa shape index (κ3) is 4.10. The van der Waals surface area contributed by atoms with E-state index in [-0.39, 0.29) is 4.90 Å². The number of sulfonamides is 1. The van der Waals surface area contributed by atoms with Crippen molar-refractivity contribution in [3.05, 3.63) is 57.8 Å². The number of benzene rings is 2. The minimum Gasteiger partial charge on any atom is -0.496 e. The van der Waals surface area contributed by atoms with Crippen molar-refractivity contribution < 1.29 is 17.5 Å². The van der Waals surface area contributed by atoms with Gasteiger partial charge in [-0.2, -0.15) is 0 Å². The average Bonchev–Trinajstić information content (AvgIpc) is 2.46. The highest BCUT2D eigenvalue weighted by atomic mass is 79.9. The van der Waals surface area contributed by atoms with Crippen molar-refractivity contribution in [1.29, 1.82) is 0 Å². The van der Waals surface area contributed by atoms with E-state index in [1.54, 1.807) is 39.2 Å². The van der Waals surface area contributed by atoms with E-state index in [9.17, 15) is 12.8 Å². The molecule has 1 unspecified atom stereocenters. The summed E-state index contributed by atoms with van der Waals surface area (Å²) in [6.07, 6.45) is 0. The summed E-state index contributed by atoms with van der Waals surface area (Å²) in [5, 5.41) is 0. The molecule has 2 aromatic rings. The molecule has 124 valence electrons. The predicted molar refractivity (Wildman–Crippen MR) is 90.6 cm³/mol. The number of methoxy groups -OCH3 is 1. The molecular formula is C16H17BrFNO3S. The molecule has 7 heteroatoms. The molecule has 2 rings (SSSR count). The van der Waals surface area contributed by atoms with Gasteiger partial charge in [-0.25, -0.2) is 17.5 Å². The molecular weight excluding hydrogens is 385 g/mol. The molecule has 0 spiro atoms. The molecule has 2 aromatic carbocycles. The smallest absolute Gasteiger partial charge is 0.241 e. The molecule has 0 amide bonds. The van der Waals surface area contributed by atoms with Gasteiger partial charge in [0, 0.05) is 6.04 Å². The molecule has 23 heavy (non-hydrogen) atoms. The van der Waals surface area contributed by atoms with Crippen molar-refractivity contribution >= 4 is 26.0 Å². The monoisotopic (exact) mass is 401 g/mol. The first-order valence-electron chi connectivity index (χ1n) is 6.86. The van der Waals surface area contributed by atoms with E-state index >= 15 is 0 Å². The van der Waals surface area contributed by atoms with E-state index in [0.717, 1.165) is 16.1 Å². The lowest BCUT2D eigenvalue weighted by molar-refractivity contribution is 0.412. The summed E-state index contributed by atoms with van der Waals surface area (Å²) in [5.41, 5.74) is 1.14. The van der Waals surface area contributed by atoms with Gasteiger partial charge in [-0.05, 0) is 71.2 Å². The number of ether oxygens (including phenoxy) is 1. The maximum absolute atomic E-state index is 13.1. The molecule has 0 saturated carbocycles. The molecule has 1 atom stereocenters. The van der Waals surface area contributed by atoms with Crippen molar-refractivity contribution in [3.63, 3.8) is 0 Å². The van der Waals surface area contributed by atoms with Crippen molar-refractivity contribution in [2.24, 2.45) is 0 Å². The van der Waals surface area contributed by atoms with Crippen LogP contribution in [0.25, 0.3) is 0 Å². The number of halogens is 2. The van der Waals surface area contributed by atoms with Crippen LogP contribution in [0.1, 0.15) is 24.1 Å². The van der Waals surface area contributed by atoms with E-state index in [4.69, 9.17) is 4.74 Å². The standard InChI is InChI=1S/C16H17BrFNO3S/c1-10-8-13(18)5-7-16(10)23(20,21)19-11(2)12-4-6-15(22-3)14(17)9-12/h4-9,11,19H,1-3H3. The number of hydrogen-bond acceptors (Lipinski definition) is 3. The van der Waals surface area contributed by atoms with E-state index in [1.165, 1.54) is 12.1 Å². The van der Waals surface area contributed by atoms with Crippen LogP contribution in [0.5, 0.6) is 5.75 Å². The van der Waals surface area contributed by atoms with Gasteiger partial charge in [0.05, 0.1) is 16.5 Å². The van der Waals surface area contributed by atoms with Gasteiger partial charge in [0.25, 0.3) is 0 Å². The molecule has 0 bridgehead atoms. The Bertz CT molecular complexity index is 824. The molecule has 0 aliphatic carbocycles. The second kappa shape index (κ2) is 6.98. The second-order valence-corrected chi connectivity index (χ2v) is 7.68. The largest absolute Gasteiger partial charge is 0.496 e. The molecule has 0 aliphatic rings. The fourth-order valence-corrected chi connectivity index (χ4v) is 4.25. The summed E-state index contributed by atoms with van der Waals surface area (Å²) in [4.78, 5) is 0.0679. The summed E-state index contributed by atoms with van der Waals surface area (Å²) >= 11 is 3.38. The van der Waals surface area contributed by atoms with Gasteiger partial charge in [0.1, 0.15) is 11.6 Å². The lowest BCUT2D eigenvalue weighted by atomic mass is 10.1. The Hall–Kier alpha value is -1.44. The number of hydrogen-bond donors (Lipinski definition) is 1. The number of nitrogens with one attached hydrogen (secondary N) is 1. The average molecular weight is 402 g/mol. The normalized spacial score (nSPS) is 12.9. The zero-order chi connectivity index (χ0) is 17.2. The summed E-state index contributed by atoms with van der Waals surface area (Å²) in [6, 6.07) is 8.49. The van der Waals surface area contributed by atoms with Crippen LogP contribution in [0, 0.1) is 12.7 Å². The van der Waals surface area contributed by atoms with E-state index in [1.807, 2.05) is 0 Å². The summed E-state index contributed by atoms with van der Waals surface area (Å²) in [5.74, 6) is 0.201. The highest BCUT2D eigenvalue weighted by Gasteiger charge is 2.21. The van der Waals surface area contributed by atoms with Crippen LogP contribution in [-0.2, 0) is 10.0 Å². The Morgan fingerprint density at radius 1 is 1.22 bits per heavy atom. The molecule has 1 N–H and O–H groups in total. The highest BCUT2D eigenvalue weighted by molar-refractivity contribution is 9.10. The van der Waals surface area contributed by atoms with Gasteiger partial charge in [0.15, 0.2) is 0 Å². The molecule has 0 radical (unpaired) electrons. The zero-order valence-electron chi connectivity index (χ0n) is 12.9. The minimum atomic E-state index is -3.75. The van der Waals surface area contributed by atoms with Crippen LogP contribution < -0.4 is 9.46 Å². The first kappa shape index (κ1) is 17.9. The Morgan fingerprint density at radius 3 is 2.48 bits per heavy atom. The zero-order valence-corrected chi connectivity index (χ0v) is 15.3. The Balaban J connectivity index is 2.28. The summed E-state index contributed by atoms with van der Waals surface area (Å²) < 4.78 is 46.6. The van der Waals surface area contributed by atoms with E-state index in [0.29, 0.717) is 11.3 Å². The van der Waals surface area contributed by atoms with Gasteiger partial charge in [-0.15, -0.1) is 0 Å². The molecule has 0 aliphatic heterocycles. The number of aryl methyl sites for hydroxylation is 1. The van der Waals surface area contributed by atoms with Crippen molar-refractivity contribution in [2.45, 2.75) is 24.8 Å². The Labute approximate surface area is 143 Å². The first-order valence-corrected chi connectivity index (χ1v) is 9.14. The van der Waals surface area contributed by atoms with Crippen LogP contribution >= 0.6 is 15.9 Å². The van der Waals surface area contributed by atoms with Crippen LogP contribution in [0.3, 0.4) is 0 Å². The molecule has 0 fully saturated rings.